The van der Waals surface area contributed by atoms with Gasteiger partial charge in [-0.15, -0.1) is 0 Å². The molecule has 1 rings (SSSR count). The number of hydrogen-bond donors (Lipinski definition) is 2. The minimum atomic E-state index is -1.07. The molecule has 4 heteroatoms. The quantitative estimate of drug-likeness (QED) is 0.810. The molecule has 0 heterocycles. The number of carbonyl (C=O) groups excluding carboxylic acids is 1. The first-order valence-corrected chi connectivity index (χ1v) is 6.84. The molecule has 0 bridgehead atoms. The van der Waals surface area contributed by atoms with Crippen molar-refractivity contribution in [1.82, 2.24) is 0 Å². The van der Waals surface area contributed by atoms with Crippen molar-refractivity contribution >= 4 is 17.7 Å². The van der Waals surface area contributed by atoms with Crippen LogP contribution in [0.2, 0.25) is 0 Å². The summed E-state index contributed by atoms with van der Waals surface area (Å²) in [5.41, 5.74) is 11.3. The summed E-state index contributed by atoms with van der Waals surface area (Å²) in [5.74, 6) is 1.59. The molecule has 0 aliphatic rings. The van der Waals surface area contributed by atoms with E-state index in [9.17, 15) is 4.79 Å². The van der Waals surface area contributed by atoms with E-state index < -0.39 is 11.4 Å². The topological polar surface area (TPSA) is 69.1 Å². The van der Waals surface area contributed by atoms with E-state index in [-0.39, 0.29) is 0 Å². The van der Waals surface area contributed by atoms with Crippen molar-refractivity contribution in [3.05, 3.63) is 35.9 Å². The normalized spacial score (nSPS) is 14.6. The Morgan fingerprint density at radius 1 is 1.35 bits per heavy atom. The molecular formula is C13H20N2OS. The lowest BCUT2D eigenvalue weighted by atomic mass is 9.92. The molecule has 3 nitrogen and oxygen atoms in total. The number of rotatable bonds is 6. The first-order chi connectivity index (χ1) is 7.97. The number of nitrogens with two attached hydrogens (primary N) is 2. The molecule has 4 N–H and O–H groups in total. The van der Waals surface area contributed by atoms with Gasteiger partial charge in [0.25, 0.3) is 0 Å². The molecule has 0 radical (unpaired) electrons. The second-order valence-corrected chi connectivity index (χ2v) is 5.64. The van der Waals surface area contributed by atoms with Gasteiger partial charge in [0.05, 0.1) is 0 Å². The molecule has 0 saturated carbocycles. The predicted octanol–water partition coefficient (Wildman–Crippen LogP) is 1.72. The zero-order chi connectivity index (χ0) is 12.9. The monoisotopic (exact) mass is 252 g/mol. The Bertz CT molecular complexity index is 367. The largest absolute Gasteiger partial charge is 0.368 e. The first kappa shape index (κ1) is 14.1. The molecule has 0 aliphatic heterocycles. The average molecular weight is 252 g/mol. The van der Waals surface area contributed by atoms with Crippen LogP contribution in [0.25, 0.3) is 0 Å². The molecule has 17 heavy (non-hydrogen) atoms. The summed E-state index contributed by atoms with van der Waals surface area (Å²) in [4.78, 5) is 11.6. The molecule has 1 atom stereocenters. The SMILES string of the molecule is CC(C)CSCC(N)(C(N)=O)c1ccccc1. The Hall–Kier alpha value is -1.00. The predicted molar refractivity (Wildman–Crippen MR) is 73.7 cm³/mol. The highest BCUT2D eigenvalue weighted by Crippen LogP contribution is 2.24. The van der Waals surface area contributed by atoms with Crippen molar-refractivity contribution in [1.29, 1.82) is 0 Å². The lowest BCUT2D eigenvalue weighted by Crippen LogP contribution is -2.51. The molecular weight excluding hydrogens is 232 g/mol. The summed E-state index contributed by atoms with van der Waals surface area (Å²) in [6.07, 6.45) is 0. The summed E-state index contributed by atoms with van der Waals surface area (Å²) in [6.45, 7) is 4.27. The van der Waals surface area contributed by atoms with Crippen LogP contribution >= 0.6 is 11.8 Å². The van der Waals surface area contributed by atoms with Crippen LogP contribution in [0.1, 0.15) is 19.4 Å². The maximum absolute atomic E-state index is 11.6. The van der Waals surface area contributed by atoms with Crippen LogP contribution in [0.4, 0.5) is 0 Å². The second kappa shape index (κ2) is 6.07. The molecule has 0 aliphatic carbocycles. The van der Waals surface area contributed by atoms with Gasteiger partial charge in [0.15, 0.2) is 0 Å². The molecule has 1 aromatic rings. The molecule has 0 aromatic heterocycles. The van der Waals surface area contributed by atoms with Crippen LogP contribution in [0.15, 0.2) is 30.3 Å². The summed E-state index contributed by atoms with van der Waals surface area (Å²) in [7, 11) is 0. The third kappa shape index (κ3) is 3.75. The van der Waals surface area contributed by atoms with Crippen LogP contribution in [0.3, 0.4) is 0 Å². The molecule has 1 amide bonds. The fourth-order valence-electron chi connectivity index (χ4n) is 1.49. The Kier molecular flexibility index (Phi) is 5.02. The number of hydrogen-bond acceptors (Lipinski definition) is 3. The van der Waals surface area contributed by atoms with Gasteiger partial charge < -0.3 is 11.5 Å². The Morgan fingerprint density at radius 3 is 2.41 bits per heavy atom. The smallest absolute Gasteiger partial charge is 0.242 e. The van der Waals surface area contributed by atoms with Crippen LogP contribution in [0, 0.1) is 5.92 Å². The van der Waals surface area contributed by atoms with Crippen LogP contribution in [0.5, 0.6) is 0 Å². The standard InChI is InChI=1S/C13H20N2OS/c1-10(2)8-17-9-13(15,12(14)16)11-6-4-3-5-7-11/h3-7,10H,8-9,15H2,1-2H3,(H2,14,16). The summed E-state index contributed by atoms with van der Waals surface area (Å²) in [5, 5.41) is 0. The third-order valence-corrected chi connectivity index (χ3v) is 4.07. The number of carbonyl (C=O) groups is 1. The Labute approximate surface area is 107 Å². The number of amides is 1. The highest BCUT2D eigenvalue weighted by atomic mass is 32.2. The maximum Gasteiger partial charge on any atom is 0.242 e. The zero-order valence-electron chi connectivity index (χ0n) is 10.3. The van der Waals surface area contributed by atoms with Gasteiger partial charge in [-0.05, 0) is 17.2 Å². The van der Waals surface area contributed by atoms with Gasteiger partial charge in [0.2, 0.25) is 5.91 Å². The third-order valence-electron chi connectivity index (χ3n) is 2.51. The lowest BCUT2D eigenvalue weighted by molar-refractivity contribution is -0.122. The van der Waals surface area contributed by atoms with Crippen molar-refractivity contribution in [3.8, 4) is 0 Å². The van der Waals surface area contributed by atoms with Crippen LogP contribution < -0.4 is 11.5 Å². The molecule has 94 valence electrons. The number of thioether (sulfide) groups is 1. The fraction of sp³-hybridized carbons (Fsp3) is 0.462. The fourth-order valence-corrected chi connectivity index (χ4v) is 2.71. The van der Waals surface area contributed by atoms with Gasteiger partial charge in [-0.1, -0.05) is 44.2 Å². The Morgan fingerprint density at radius 2 is 1.94 bits per heavy atom. The molecule has 0 spiro atoms. The highest BCUT2D eigenvalue weighted by Gasteiger charge is 2.33. The minimum absolute atomic E-state index is 0.472. The van der Waals surface area contributed by atoms with E-state index in [1.165, 1.54) is 0 Å². The van der Waals surface area contributed by atoms with Crippen LogP contribution in [-0.2, 0) is 10.3 Å². The van der Waals surface area contributed by atoms with Crippen molar-refractivity contribution in [2.24, 2.45) is 17.4 Å². The van der Waals surface area contributed by atoms with Gasteiger partial charge in [-0.3, -0.25) is 4.79 Å². The van der Waals surface area contributed by atoms with E-state index in [2.05, 4.69) is 13.8 Å². The molecule has 0 saturated heterocycles. The first-order valence-electron chi connectivity index (χ1n) is 5.69. The van der Waals surface area contributed by atoms with Gasteiger partial charge in [0.1, 0.15) is 5.54 Å². The van der Waals surface area contributed by atoms with E-state index in [0.29, 0.717) is 11.7 Å². The molecule has 1 unspecified atom stereocenters. The summed E-state index contributed by atoms with van der Waals surface area (Å²) >= 11 is 1.67. The number of primary amides is 1. The van der Waals surface area contributed by atoms with Crippen molar-refractivity contribution in [3.63, 3.8) is 0 Å². The van der Waals surface area contributed by atoms with E-state index in [1.807, 2.05) is 30.3 Å². The van der Waals surface area contributed by atoms with E-state index in [0.717, 1.165) is 11.3 Å². The summed E-state index contributed by atoms with van der Waals surface area (Å²) < 4.78 is 0. The maximum atomic E-state index is 11.6. The summed E-state index contributed by atoms with van der Waals surface area (Å²) in [6, 6.07) is 9.33. The number of benzene rings is 1. The van der Waals surface area contributed by atoms with Crippen LogP contribution in [-0.4, -0.2) is 17.4 Å². The van der Waals surface area contributed by atoms with Crippen molar-refractivity contribution in [2.75, 3.05) is 11.5 Å². The van der Waals surface area contributed by atoms with Gasteiger partial charge in [0, 0.05) is 5.75 Å². The van der Waals surface area contributed by atoms with E-state index in [1.54, 1.807) is 11.8 Å². The Balaban J connectivity index is 2.80. The van der Waals surface area contributed by atoms with E-state index >= 15 is 0 Å². The molecule has 1 aromatic carbocycles. The minimum Gasteiger partial charge on any atom is -0.368 e. The zero-order valence-corrected chi connectivity index (χ0v) is 11.2. The van der Waals surface area contributed by atoms with Gasteiger partial charge >= 0.3 is 0 Å². The highest BCUT2D eigenvalue weighted by molar-refractivity contribution is 7.99. The van der Waals surface area contributed by atoms with E-state index in [4.69, 9.17) is 11.5 Å². The molecule has 0 fully saturated rings. The van der Waals surface area contributed by atoms with Crippen molar-refractivity contribution < 1.29 is 4.79 Å². The van der Waals surface area contributed by atoms with Crippen molar-refractivity contribution in [2.45, 2.75) is 19.4 Å². The average Bonchev–Trinajstić information content (AvgIpc) is 2.29. The van der Waals surface area contributed by atoms with Gasteiger partial charge in [-0.25, -0.2) is 0 Å². The second-order valence-electron chi connectivity index (χ2n) is 4.61. The lowest BCUT2D eigenvalue weighted by Gasteiger charge is -2.26. The van der Waals surface area contributed by atoms with Gasteiger partial charge in [-0.2, -0.15) is 11.8 Å².